The van der Waals surface area contributed by atoms with Gasteiger partial charge < -0.3 is 5.32 Å². The largest absolute Gasteiger partial charge is 0.313 e. The van der Waals surface area contributed by atoms with Crippen LogP contribution in [0.15, 0.2) is 23.1 Å². The van der Waals surface area contributed by atoms with Crippen LogP contribution in [0.2, 0.25) is 5.02 Å². The topological polar surface area (TPSA) is 49.4 Å². The number of halogens is 3. The predicted octanol–water partition coefficient (Wildman–Crippen LogP) is 2.73. The summed E-state index contributed by atoms with van der Waals surface area (Å²) in [7, 11) is -2.81. The van der Waals surface area contributed by atoms with Crippen LogP contribution in [0.4, 0.5) is 8.78 Å². The third kappa shape index (κ3) is 5.18. The van der Waals surface area contributed by atoms with Crippen LogP contribution in [0, 0.1) is 0 Å². The van der Waals surface area contributed by atoms with Crippen LogP contribution in [0.5, 0.6) is 0 Å². The monoisotopic (exact) mass is 340 g/mol. The van der Waals surface area contributed by atoms with Gasteiger partial charge >= 0.3 is 0 Å². The maximum Gasteiger partial charge on any atom is 0.252 e. The third-order valence-electron chi connectivity index (χ3n) is 2.86. The lowest BCUT2D eigenvalue weighted by atomic mass is 10.2. The van der Waals surface area contributed by atoms with Gasteiger partial charge in [0.05, 0.1) is 11.4 Å². The number of hydrogen-bond donors (Lipinski definition) is 1. The van der Waals surface area contributed by atoms with Crippen molar-refractivity contribution in [2.24, 2.45) is 0 Å². The summed E-state index contributed by atoms with van der Waals surface area (Å²) in [5, 5.41) is 3.56. The van der Waals surface area contributed by atoms with E-state index in [1.165, 1.54) is 18.2 Å². The van der Waals surface area contributed by atoms with Crippen molar-refractivity contribution >= 4 is 21.6 Å². The Morgan fingerprint density at radius 3 is 2.62 bits per heavy atom. The summed E-state index contributed by atoms with van der Waals surface area (Å²) in [6, 6.07) is 4.21. The Hall–Kier alpha value is -0.760. The molecule has 0 radical (unpaired) electrons. The van der Waals surface area contributed by atoms with Crippen LogP contribution < -0.4 is 5.32 Å². The quantitative estimate of drug-likeness (QED) is 0.740. The van der Waals surface area contributed by atoms with Crippen molar-refractivity contribution < 1.29 is 17.2 Å². The highest BCUT2D eigenvalue weighted by Gasteiger charge is 2.24. The molecular formula is C13H19ClF2N2O2S. The van der Waals surface area contributed by atoms with Crippen molar-refractivity contribution in [1.29, 1.82) is 0 Å². The van der Waals surface area contributed by atoms with Gasteiger partial charge in [-0.2, -0.15) is 4.31 Å². The SMILES string of the molecule is CCCNCc1cc(S(=O)(=O)N(C)CC(F)F)ccc1Cl. The van der Waals surface area contributed by atoms with Crippen LogP contribution >= 0.6 is 11.6 Å². The number of sulfonamides is 1. The van der Waals surface area contributed by atoms with E-state index >= 15 is 0 Å². The van der Waals surface area contributed by atoms with Gasteiger partial charge in [0.1, 0.15) is 0 Å². The molecule has 0 aromatic heterocycles. The van der Waals surface area contributed by atoms with Crippen LogP contribution in [0.25, 0.3) is 0 Å². The minimum absolute atomic E-state index is 0.0386. The minimum Gasteiger partial charge on any atom is -0.313 e. The van der Waals surface area contributed by atoms with Gasteiger partial charge in [-0.05, 0) is 36.7 Å². The first-order valence-corrected chi connectivity index (χ1v) is 8.34. The summed E-state index contributed by atoms with van der Waals surface area (Å²) in [6.07, 6.45) is -1.78. The number of benzene rings is 1. The maximum absolute atomic E-state index is 12.3. The van der Waals surface area contributed by atoms with E-state index in [0.29, 0.717) is 21.4 Å². The first-order chi connectivity index (χ1) is 9.78. The van der Waals surface area contributed by atoms with Gasteiger partial charge in [0, 0.05) is 18.6 Å². The fourth-order valence-electron chi connectivity index (χ4n) is 1.72. The zero-order valence-electron chi connectivity index (χ0n) is 11.9. The molecule has 21 heavy (non-hydrogen) atoms. The molecule has 0 spiro atoms. The number of alkyl halides is 2. The number of nitrogens with one attached hydrogen (secondary N) is 1. The second kappa shape index (κ2) is 8.03. The van der Waals surface area contributed by atoms with Gasteiger partial charge in [-0.25, -0.2) is 17.2 Å². The molecule has 120 valence electrons. The Morgan fingerprint density at radius 1 is 1.38 bits per heavy atom. The summed E-state index contributed by atoms with van der Waals surface area (Å²) in [5.41, 5.74) is 0.622. The smallest absolute Gasteiger partial charge is 0.252 e. The van der Waals surface area contributed by atoms with Crippen LogP contribution in [-0.4, -0.2) is 39.3 Å². The van der Waals surface area contributed by atoms with E-state index < -0.39 is 23.0 Å². The van der Waals surface area contributed by atoms with E-state index in [1.807, 2.05) is 6.92 Å². The number of nitrogens with zero attached hydrogens (tertiary/aromatic N) is 1. The molecule has 0 aliphatic carbocycles. The average Bonchev–Trinajstić information content (AvgIpc) is 2.40. The van der Waals surface area contributed by atoms with E-state index in [1.54, 1.807) is 0 Å². The molecule has 0 aliphatic rings. The van der Waals surface area contributed by atoms with E-state index in [0.717, 1.165) is 20.0 Å². The highest BCUT2D eigenvalue weighted by molar-refractivity contribution is 7.89. The highest BCUT2D eigenvalue weighted by Crippen LogP contribution is 2.22. The Morgan fingerprint density at radius 2 is 2.05 bits per heavy atom. The molecule has 1 N–H and O–H groups in total. The fraction of sp³-hybridized carbons (Fsp3) is 0.538. The molecule has 0 saturated carbocycles. The summed E-state index contributed by atoms with van der Waals surface area (Å²) >= 11 is 6.02. The molecule has 0 saturated heterocycles. The van der Waals surface area contributed by atoms with Crippen molar-refractivity contribution in [2.75, 3.05) is 20.1 Å². The molecule has 0 unspecified atom stereocenters. The molecule has 0 heterocycles. The maximum atomic E-state index is 12.3. The third-order valence-corrected chi connectivity index (χ3v) is 5.05. The normalized spacial score (nSPS) is 12.3. The second-order valence-electron chi connectivity index (χ2n) is 4.61. The molecular weight excluding hydrogens is 322 g/mol. The molecule has 0 fully saturated rings. The summed E-state index contributed by atoms with van der Waals surface area (Å²) in [5.74, 6) is 0. The Kier molecular flexibility index (Phi) is 6.99. The first kappa shape index (κ1) is 18.3. The van der Waals surface area contributed by atoms with E-state index in [2.05, 4.69) is 5.32 Å². The van der Waals surface area contributed by atoms with Crippen molar-refractivity contribution in [3.05, 3.63) is 28.8 Å². The zero-order valence-corrected chi connectivity index (χ0v) is 13.5. The minimum atomic E-state index is -3.94. The average molecular weight is 341 g/mol. The van der Waals surface area contributed by atoms with Crippen LogP contribution in [-0.2, 0) is 16.6 Å². The molecule has 0 aliphatic heterocycles. The number of hydrogen-bond acceptors (Lipinski definition) is 3. The van der Waals surface area contributed by atoms with Crippen molar-refractivity contribution in [2.45, 2.75) is 31.2 Å². The molecule has 1 rings (SSSR count). The van der Waals surface area contributed by atoms with Gasteiger partial charge in [-0.1, -0.05) is 18.5 Å². The molecule has 4 nitrogen and oxygen atoms in total. The van der Waals surface area contributed by atoms with E-state index in [4.69, 9.17) is 11.6 Å². The van der Waals surface area contributed by atoms with Crippen molar-refractivity contribution in [3.63, 3.8) is 0 Å². The van der Waals surface area contributed by atoms with Crippen molar-refractivity contribution in [3.8, 4) is 0 Å². The highest BCUT2D eigenvalue weighted by atomic mass is 35.5. The second-order valence-corrected chi connectivity index (χ2v) is 7.06. The Bertz CT molecular complexity index is 567. The summed E-state index contributed by atoms with van der Waals surface area (Å²) < 4.78 is 49.7. The predicted molar refractivity (Wildman–Crippen MR) is 79.3 cm³/mol. The molecule has 0 atom stereocenters. The van der Waals surface area contributed by atoms with Gasteiger partial charge in [0.2, 0.25) is 10.0 Å². The summed E-state index contributed by atoms with van der Waals surface area (Å²) in [6.45, 7) is 2.37. The summed E-state index contributed by atoms with van der Waals surface area (Å²) in [4.78, 5) is -0.0386. The molecule has 8 heteroatoms. The molecule has 0 bridgehead atoms. The van der Waals surface area contributed by atoms with Crippen LogP contribution in [0.3, 0.4) is 0 Å². The molecule has 1 aromatic carbocycles. The van der Waals surface area contributed by atoms with Gasteiger partial charge in [0.25, 0.3) is 6.43 Å². The van der Waals surface area contributed by atoms with Gasteiger partial charge in [-0.15, -0.1) is 0 Å². The number of rotatable bonds is 8. The lowest BCUT2D eigenvalue weighted by Crippen LogP contribution is -2.31. The lowest BCUT2D eigenvalue weighted by molar-refractivity contribution is 0.126. The zero-order chi connectivity index (χ0) is 16.0. The van der Waals surface area contributed by atoms with Crippen LogP contribution in [0.1, 0.15) is 18.9 Å². The molecule has 1 aromatic rings. The van der Waals surface area contributed by atoms with E-state index in [-0.39, 0.29) is 4.90 Å². The van der Waals surface area contributed by atoms with Crippen molar-refractivity contribution in [1.82, 2.24) is 9.62 Å². The Labute approximate surface area is 129 Å². The first-order valence-electron chi connectivity index (χ1n) is 6.52. The lowest BCUT2D eigenvalue weighted by Gasteiger charge is -2.17. The Balaban J connectivity index is 2.99. The molecule has 0 amide bonds. The van der Waals surface area contributed by atoms with Gasteiger partial charge in [0.15, 0.2) is 0 Å². The van der Waals surface area contributed by atoms with E-state index in [9.17, 15) is 17.2 Å². The van der Waals surface area contributed by atoms with Gasteiger partial charge in [-0.3, -0.25) is 0 Å². The standard InChI is InChI=1S/C13H19ClF2N2O2S/c1-3-6-17-8-10-7-11(4-5-12(10)14)21(19,20)18(2)9-13(15)16/h4-5,7,13,17H,3,6,8-9H2,1-2H3. The fourth-order valence-corrected chi connectivity index (χ4v) is 3.10.